The highest BCUT2D eigenvalue weighted by molar-refractivity contribution is 7.16. The van der Waals surface area contributed by atoms with Crippen LogP contribution in [0.1, 0.15) is 54.8 Å². The van der Waals surface area contributed by atoms with E-state index in [0.717, 1.165) is 37.0 Å². The molecule has 1 aromatic heterocycles. The Morgan fingerprint density at radius 1 is 1.23 bits per heavy atom. The topological polar surface area (TPSA) is 95.5 Å². The van der Waals surface area contributed by atoms with E-state index in [9.17, 15) is 19.5 Å². The van der Waals surface area contributed by atoms with Gasteiger partial charge < -0.3 is 20.0 Å². The van der Waals surface area contributed by atoms with Gasteiger partial charge in [-0.2, -0.15) is 0 Å². The Hall–Kier alpha value is -1.89. The fraction of sp³-hybridized carbons (Fsp3) is 0.632. The molecule has 7 heteroatoms. The van der Waals surface area contributed by atoms with Crippen LogP contribution in [0.2, 0.25) is 0 Å². The number of anilines is 1. The average molecular weight is 378 g/mol. The Morgan fingerprint density at radius 3 is 2.54 bits per heavy atom. The summed E-state index contributed by atoms with van der Waals surface area (Å²) in [5, 5.41) is 14.8. The zero-order valence-electron chi connectivity index (χ0n) is 15.1. The first-order valence-corrected chi connectivity index (χ1v) is 10.1. The number of hydrogen-bond acceptors (Lipinski definition) is 6. The second kappa shape index (κ2) is 7.78. The van der Waals surface area contributed by atoms with Gasteiger partial charge in [-0.1, -0.05) is 13.3 Å². The van der Waals surface area contributed by atoms with Gasteiger partial charge in [0.15, 0.2) is 0 Å². The van der Waals surface area contributed by atoms with Crippen LogP contribution in [0.25, 0.3) is 0 Å². The van der Waals surface area contributed by atoms with E-state index in [-0.39, 0.29) is 24.3 Å². The summed E-state index contributed by atoms with van der Waals surface area (Å²) < 4.78 is 5.09. The molecule has 2 fully saturated rings. The number of fused-ring (bicyclic) bond motifs is 2. The maximum Gasteiger partial charge on any atom is 0.341 e. The molecule has 26 heavy (non-hydrogen) atoms. The van der Waals surface area contributed by atoms with E-state index >= 15 is 0 Å². The van der Waals surface area contributed by atoms with E-state index < -0.39 is 23.8 Å². The number of carbonyl (C=O) groups is 3. The third kappa shape index (κ3) is 3.49. The van der Waals surface area contributed by atoms with E-state index in [2.05, 4.69) is 5.32 Å². The molecule has 142 valence electrons. The standard InChI is InChI=1S/C19H25NO5S/c1-3-5-12-9-13(19(24)25-4-2)17(26-12)20-16(21)14-10-6-7-11(8-10)15(14)18(22)23/h9-11,14-15H,3-8H2,1-2H3,(H,20,21)(H,22,23)/p-1/t10-,11+,14-,15+/m1/s1. The molecule has 0 radical (unpaired) electrons. The number of aryl methyl sites for hydroxylation is 1. The van der Waals surface area contributed by atoms with Gasteiger partial charge in [-0.15, -0.1) is 11.3 Å². The number of rotatable bonds is 7. The van der Waals surface area contributed by atoms with Crippen molar-refractivity contribution >= 4 is 34.2 Å². The van der Waals surface area contributed by atoms with Gasteiger partial charge in [-0.05, 0) is 50.5 Å². The van der Waals surface area contributed by atoms with Crippen LogP contribution in [-0.2, 0) is 20.7 Å². The van der Waals surface area contributed by atoms with Crippen LogP contribution >= 0.6 is 11.3 Å². The van der Waals surface area contributed by atoms with Crippen molar-refractivity contribution in [3.63, 3.8) is 0 Å². The molecule has 2 aliphatic carbocycles. The Kier molecular flexibility index (Phi) is 5.65. The summed E-state index contributed by atoms with van der Waals surface area (Å²) in [6, 6.07) is 1.76. The molecule has 0 spiro atoms. The minimum atomic E-state index is -1.14. The van der Waals surface area contributed by atoms with E-state index in [1.54, 1.807) is 13.0 Å². The highest BCUT2D eigenvalue weighted by atomic mass is 32.1. The van der Waals surface area contributed by atoms with Crippen molar-refractivity contribution in [1.82, 2.24) is 0 Å². The zero-order chi connectivity index (χ0) is 18.8. The fourth-order valence-corrected chi connectivity index (χ4v) is 5.62. The Morgan fingerprint density at radius 2 is 1.92 bits per heavy atom. The van der Waals surface area contributed by atoms with Crippen LogP contribution in [0.5, 0.6) is 0 Å². The SMILES string of the molecule is CCCc1cc(C(=O)OCC)c(NC(=O)[C@@H]2[C@@H]3CC[C@@H](C3)[C@@H]2C(=O)[O-])s1. The molecule has 0 aliphatic heterocycles. The van der Waals surface area contributed by atoms with Gasteiger partial charge in [-0.25, -0.2) is 4.79 Å². The molecular weight excluding hydrogens is 354 g/mol. The van der Waals surface area contributed by atoms with Crippen molar-refractivity contribution in [2.24, 2.45) is 23.7 Å². The third-order valence-corrected chi connectivity index (χ3v) is 6.61. The van der Waals surface area contributed by atoms with Gasteiger partial charge in [0.05, 0.1) is 12.2 Å². The van der Waals surface area contributed by atoms with Crippen molar-refractivity contribution < 1.29 is 24.2 Å². The molecular formula is C19H24NO5S-. The first kappa shape index (κ1) is 18.9. The number of carboxylic acid groups (broad SMARTS) is 1. The predicted molar refractivity (Wildman–Crippen MR) is 95.7 cm³/mol. The number of nitrogens with one attached hydrogen (secondary N) is 1. The number of amides is 1. The van der Waals surface area contributed by atoms with Crippen LogP contribution in [0.15, 0.2) is 6.07 Å². The molecule has 0 unspecified atom stereocenters. The van der Waals surface area contributed by atoms with Gasteiger partial charge in [-0.3, -0.25) is 4.79 Å². The van der Waals surface area contributed by atoms with Crippen molar-refractivity contribution in [3.8, 4) is 0 Å². The second-order valence-electron chi connectivity index (χ2n) is 7.12. The normalized spacial score (nSPS) is 26.7. The lowest BCUT2D eigenvalue weighted by molar-refractivity contribution is -0.314. The van der Waals surface area contributed by atoms with Crippen LogP contribution in [-0.4, -0.2) is 24.5 Å². The van der Waals surface area contributed by atoms with Gasteiger partial charge in [0.25, 0.3) is 0 Å². The third-order valence-electron chi connectivity index (χ3n) is 5.50. The molecule has 1 heterocycles. The molecule has 1 N–H and O–H groups in total. The maximum absolute atomic E-state index is 12.9. The molecule has 0 saturated heterocycles. The van der Waals surface area contributed by atoms with Crippen molar-refractivity contribution in [2.75, 3.05) is 11.9 Å². The lowest BCUT2D eigenvalue weighted by atomic mass is 9.79. The highest BCUT2D eigenvalue weighted by Gasteiger charge is 2.51. The highest BCUT2D eigenvalue weighted by Crippen LogP contribution is 2.52. The van der Waals surface area contributed by atoms with Crippen LogP contribution in [0, 0.1) is 23.7 Å². The Labute approximate surface area is 156 Å². The quantitative estimate of drug-likeness (QED) is 0.734. The number of hydrogen-bond donors (Lipinski definition) is 1. The number of ether oxygens (including phenoxy) is 1. The summed E-state index contributed by atoms with van der Waals surface area (Å²) in [4.78, 5) is 37.6. The second-order valence-corrected chi connectivity index (χ2v) is 8.26. The summed E-state index contributed by atoms with van der Waals surface area (Å²) in [7, 11) is 0. The van der Waals surface area contributed by atoms with Crippen molar-refractivity contribution in [1.29, 1.82) is 0 Å². The molecule has 3 rings (SSSR count). The Bertz CT molecular complexity index is 713. The van der Waals surface area contributed by atoms with Crippen LogP contribution in [0.3, 0.4) is 0 Å². The minimum absolute atomic E-state index is 0.0317. The number of esters is 1. The summed E-state index contributed by atoms with van der Waals surface area (Å²) in [5.74, 6) is -3.11. The zero-order valence-corrected chi connectivity index (χ0v) is 15.9. The van der Waals surface area contributed by atoms with E-state index in [0.29, 0.717) is 10.6 Å². The van der Waals surface area contributed by atoms with Crippen LogP contribution in [0.4, 0.5) is 5.00 Å². The van der Waals surface area contributed by atoms with E-state index in [1.165, 1.54) is 11.3 Å². The molecule has 1 aromatic rings. The first-order valence-electron chi connectivity index (χ1n) is 9.27. The lowest BCUT2D eigenvalue weighted by Crippen LogP contribution is -2.44. The summed E-state index contributed by atoms with van der Waals surface area (Å²) in [6.45, 7) is 4.03. The largest absolute Gasteiger partial charge is 0.550 e. The monoisotopic (exact) mass is 378 g/mol. The molecule has 2 bridgehead atoms. The average Bonchev–Trinajstić information content (AvgIpc) is 3.29. The fourth-order valence-electron chi connectivity index (χ4n) is 4.47. The van der Waals surface area contributed by atoms with Gasteiger partial charge >= 0.3 is 5.97 Å². The van der Waals surface area contributed by atoms with E-state index in [1.807, 2.05) is 6.92 Å². The molecule has 0 aromatic carbocycles. The molecule has 4 atom stereocenters. The van der Waals surface area contributed by atoms with Crippen molar-refractivity contribution in [3.05, 3.63) is 16.5 Å². The van der Waals surface area contributed by atoms with Crippen molar-refractivity contribution in [2.45, 2.75) is 46.0 Å². The molecule has 1 amide bonds. The summed E-state index contributed by atoms with van der Waals surface area (Å²) in [5.41, 5.74) is 0.349. The minimum Gasteiger partial charge on any atom is -0.550 e. The number of thiophene rings is 1. The van der Waals surface area contributed by atoms with Crippen LogP contribution < -0.4 is 10.4 Å². The number of carbonyl (C=O) groups excluding carboxylic acids is 3. The van der Waals surface area contributed by atoms with Gasteiger partial charge in [0.1, 0.15) is 5.00 Å². The first-order chi connectivity index (χ1) is 12.5. The maximum atomic E-state index is 12.9. The lowest BCUT2D eigenvalue weighted by Gasteiger charge is -2.30. The van der Waals surface area contributed by atoms with E-state index in [4.69, 9.17) is 4.74 Å². The number of aliphatic carboxylic acids is 1. The molecule has 6 nitrogen and oxygen atoms in total. The smallest absolute Gasteiger partial charge is 0.341 e. The molecule has 2 saturated carbocycles. The summed E-state index contributed by atoms with van der Waals surface area (Å²) >= 11 is 1.36. The molecule has 2 aliphatic rings. The Balaban J connectivity index is 1.82. The van der Waals surface area contributed by atoms with Gasteiger partial charge in [0.2, 0.25) is 5.91 Å². The van der Waals surface area contributed by atoms with Gasteiger partial charge in [0, 0.05) is 22.7 Å². The number of carboxylic acids is 1. The summed E-state index contributed by atoms with van der Waals surface area (Å²) in [6.07, 6.45) is 4.23. The predicted octanol–water partition coefficient (Wildman–Crippen LogP) is 2.23.